The van der Waals surface area contributed by atoms with E-state index in [2.05, 4.69) is 0 Å². The van der Waals surface area contributed by atoms with E-state index in [1.54, 1.807) is 30.2 Å². The average Bonchev–Trinajstić information content (AvgIpc) is 2.67. The summed E-state index contributed by atoms with van der Waals surface area (Å²) in [6.45, 7) is 0. The summed E-state index contributed by atoms with van der Waals surface area (Å²) in [5, 5.41) is 0. The Labute approximate surface area is 85.0 Å². The molecule has 0 aliphatic rings. The van der Waals surface area contributed by atoms with Gasteiger partial charge in [0.05, 0.1) is 0 Å². The van der Waals surface area contributed by atoms with Crippen LogP contribution in [0.5, 0.6) is 0 Å². The van der Waals surface area contributed by atoms with Gasteiger partial charge in [-0.3, -0.25) is 0 Å². The maximum absolute atomic E-state index is 2.00. The van der Waals surface area contributed by atoms with Crippen molar-refractivity contribution < 1.29 is 17.1 Å². The fraction of sp³-hybridized carbons (Fsp3) is 0. The Bertz CT molecular complexity index is 154. The molecule has 0 radical (unpaired) electrons. The molecule has 0 atom stereocenters. The van der Waals surface area contributed by atoms with Crippen LogP contribution in [0.3, 0.4) is 0 Å². The van der Waals surface area contributed by atoms with Gasteiger partial charge >= 0.3 is 0 Å². The summed E-state index contributed by atoms with van der Waals surface area (Å²) in [5.74, 6) is 0. The minimum absolute atomic E-state index is 0. The van der Waals surface area contributed by atoms with E-state index in [-0.39, 0.29) is 17.1 Å². The summed E-state index contributed by atoms with van der Waals surface area (Å²) in [6, 6.07) is 10.0. The Morgan fingerprint density at radius 2 is 1.55 bits per heavy atom. The van der Waals surface area contributed by atoms with Crippen molar-refractivity contribution in [3.8, 4) is 0 Å². The van der Waals surface area contributed by atoms with E-state index in [0.717, 1.165) is 0 Å². The van der Waals surface area contributed by atoms with Gasteiger partial charge in [0.1, 0.15) is 0 Å². The molecular weight excluding hydrogens is 271 g/mol. The number of rotatable bonds is 0. The van der Waals surface area contributed by atoms with E-state index in [1.807, 2.05) is 30.3 Å². The smallest absolute Gasteiger partial charge is 0 e. The predicted molar refractivity (Wildman–Crippen MR) is 58.0 cm³/mol. The van der Waals surface area contributed by atoms with Crippen LogP contribution in [0.1, 0.15) is 0 Å². The largest absolute Gasteiger partial charge is 0.214 e. The Balaban J connectivity index is 0.000000167. The molecule has 60 valence electrons. The molecule has 0 saturated heterocycles. The molecule has 2 rings (SSSR count). The molecule has 1 aromatic carbocycles. The van der Waals surface area contributed by atoms with E-state index in [1.165, 1.54) is 7.55 Å². The standard InChI is InChI=1S/C5H5.Fe.HP5/c1-2-4-5-3-1;;1-2-4-5-3-1/h1-5H;;1H/q-1;;. The molecule has 0 fully saturated rings. The van der Waals surface area contributed by atoms with Crippen molar-refractivity contribution in [2.24, 2.45) is 0 Å². The topological polar surface area (TPSA) is 0 Å². The Morgan fingerprint density at radius 1 is 1.00 bits per heavy atom. The van der Waals surface area contributed by atoms with Gasteiger partial charge in [0, 0.05) is 17.1 Å². The van der Waals surface area contributed by atoms with Crippen molar-refractivity contribution in [2.75, 3.05) is 0 Å². The van der Waals surface area contributed by atoms with Gasteiger partial charge in [-0.05, 0) is 30.2 Å². The average molecular weight is 277 g/mol. The SMILES string of the molecule is [Fe].c1cc[cH-]c1.p1pp[pH]p1. The van der Waals surface area contributed by atoms with E-state index >= 15 is 0 Å². The van der Waals surface area contributed by atoms with Crippen molar-refractivity contribution in [1.82, 2.24) is 0 Å². The Morgan fingerprint density at radius 3 is 1.73 bits per heavy atom. The molecule has 1 heterocycles. The molecule has 0 unspecified atom stereocenters. The van der Waals surface area contributed by atoms with Crippen LogP contribution in [0.25, 0.3) is 0 Å². The molecule has 0 amide bonds. The minimum atomic E-state index is 0. The number of hydrogen-bond donors (Lipinski definition) is 0. The van der Waals surface area contributed by atoms with E-state index in [9.17, 15) is 0 Å². The number of hydrogen-bond acceptors (Lipinski definition) is 0. The summed E-state index contributed by atoms with van der Waals surface area (Å²) in [4.78, 5) is 0. The zero-order valence-corrected chi connectivity index (χ0v) is 11.2. The van der Waals surface area contributed by atoms with Gasteiger partial charge in [0.15, 0.2) is 0 Å². The van der Waals surface area contributed by atoms with E-state index < -0.39 is 0 Å². The van der Waals surface area contributed by atoms with Gasteiger partial charge in [0.25, 0.3) is 0 Å². The van der Waals surface area contributed by atoms with Crippen LogP contribution in [-0.2, 0) is 17.1 Å². The van der Waals surface area contributed by atoms with Gasteiger partial charge < -0.3 is 0 Å². The van der Waals surface area contributed by atoms with Crippen LogP contribution in [0.4, 0.5) is 0 Å². The Kier molecular flexibility index (Phi) is 10.6. The van der Waals surface area contributed by atoms with Crippen LogP contribution in [0.2, 0.25) is 0 Å². The molecule has 0 aliphatic carbocycles. The predicted octanol–water partition coefficient (Wildman–Crippen LogP) is 5.44. The first-order valence-electron chi connectivity index (χ1n) is 2.71. The van der Waals surface area contributed by atoms with Gasteiger partial charge in [-0.2, -0.15) is 18.2 Å². The molecule has 11 heavy (non-hydrogen) atoms. The molecule has 2 aromatic rings. The second kappa shape index (κ2) is 9.46. The molecule has 0 bridgehead atoms. The first-order chi connectivity index (χ1) is 5.00. The second-order valence-corrected chi connectivity index (χ2v) is 13.9. The molecule has 0 N–H and O–H groups in total. The maximum Gasteiger partial charge on any atom is 0 e. The zero-order valence-electron chi connectivity index (χ0n) is 5.53. The summed E-state index contributed by atoms with van der Waals surface area (Å²) >= 11 is 0. The van der Waals surface area contributed by atoms with Gasteiger partial charge in [-0.25, -0.2) is 12.1 Å². The molecule has 0 saturated carbocycles. The summed E-state index contributed by atoms with van der Waals surface area (Å²) < 4.78 is 0. The van der Waals surface area contributed by atoms with Crippen LogP contribution in [0, 0.1) is 0 Å². The van der Waals surface area contributed by atoms with Gasteiger partial charge in [-0.15, -0.1) is 0 Å². The van der Waals surface area contributed by atoms with Crippen molar-refractivity contribution >= 4 is 37.7 Å². The third kappa shape index (κ3) is 7.72. The monoisotopic (exact) mass is 277 g/mol. The molecule has 0 spiro atoms. The van der Waals surface area contributed by atoms with Crippen LogP contribution < -0.4 is 0 Å². The summed E-state index contributed by atoms with van der Waals surface area (Å²) in [7, 11) is 7.83. The summed E-state index contributed by atoms with van der Waals surface area (Å²) in [6.07, 6.45) is 0. The summed E-state index contributed by atoms with van der Waals surface area (Å²) in [5.41, 5.74) is 0. The molecular formula is C5H6FeP5-. The first kappa shape index (κ1) is 12.4. The van der Waals surface area contributed by atoms with Gasteiger partial charge in [-0.1, -0.05) is 7.55 Å². The third-order valence-corrected chi connectivity index (χ3v) is 18.3. The second-order valence-electron chi connectivity index (χ2n) is 1.44. The van der Waals surface area contributed by atoms with Crippen molar-refractivity contribution in [2.45, 2.75) is 0 Å². The quantitative estimate of drug-likeness (QED) is 0.444. The fourth-order valence-electron chi connectivity index (χ4n) is 0.421. The van der Waals surface area contributed by atoms with Crippen molar-refractivity contribution in [3.63, 3.8) is 0 Å². The van der Waals surface area contributed by atoms with Crippen LogP contribution in [-0.4, -0.2) is 0 Å². The minimum Gasteiger partial charge on any atom is -0.214 e. The first-order valence-corrected chi connectivity index (χ1v) is 11.1. The van der Waals surface area contributed by atoms with E-state index in [4.69, 9.17) is 0 Å². The fourth-order valence-corrected chi connectivity index (χ4v) is 24.6. The maximum atomic E-state index is 2.00. The molecule has 0 aliphatic heterocycles. The van der Waals surface area contributed by atoms with Crippen LogP contribution >= 0.6 is 37.7 Å². The Hall–Kier alpha value is 1.37. The van der Waals surface area contributed by atoms with E-state index in [0.29, 0.717) is 0 Å². The van der Waals surface area contributed by atoms with Crippen LogP contribution in [0.15, 0.2) is 30.3 Å². The van der Waals surface area contributed by atoms with Gasteiger partial charge in [0.2, 0.25) is 0 Å². The van der Waals surface area contributed by atoms with Crippen molar-refractivity contribution in [3.05, 3.63) is 30.3 Å². The van der Waals surface area contributed by atoms with Crippen molar-refractivity contribution in [1.29, 1.82) is 0 Å². The normalized spacial score (nSPS) is 10.9. The zero-order chi connectivity index (χ0) is 7.07. The third-order valence-electron chi connectivity index (χ3n) is 0.774. The molecule has 6 heteroatoms. The molecule has 1 aromatic heterocycles. The molecule has 0 nitrogen and oxygen atoms in total.